The van der Waals surface area contributed by atoms with Crippen LogP contribution in [-0.4, -0.2) is 38.7 Å². The van der Waals surface area contributed by atoms with Crippen molar-refractivity contribution in [1.82, 2.24) is 25.0 Å². The third-order valence-corrected chi connectivity index (χ3v) is 3.00. The number of ether oxygens (including phenoxy) is 1. The van der Waals surface area contributed by atoms with Crippen molar-refractivity contribution in [1.29, 1.82) is 0 Å². The molecule has 7 nitrogen and oxygen atoms in total. The number of rotatable bonds is 6. The van der Waals surface area contributed by atoms with Gasteiger partial charge in [0.1, 0.15) is 0 Å². The van der Waals surface area contributed by atoms with E-state index in [1.54, 1.807) is 19.5 Å². The van der Waals surface area contributed by atoms with Crippen LogP contribution in [0.25, 0.3) is 11.0 Å². The van der Waals surface area contributed by atoms with Gasteiger partial charge in [-0.1, -0.05) is 0 Å². The standard InChI is InChI=1S/C13H16N6O/c1-20-3-2-19-9-10(6-17-19)5-14-12-4-11-7-16-18-13(11)15-8-12/h4,6-9,14H,2-3,5H2,1H3,(H,15,16,18). The van der Waals surface area contributed by atoms with E-state index in [9.17, 15) is 0 Å². The Morgan fingerprint density at radius 3 is 3.20 bits per heavy atom. The molecule has 3 heterocycles. The normalized spacial score (nSPS) is 11.1. The summed E-state index contributed by atoms with van der Waals surface area (Å²) in [4.78, 5) is 4.28. The van der Waals surface area contributed by atoms with Crippen molar-refractivity contribution in [2.24, 2.45) is 0 Å². The fourth-order valence-electron chi connectivity index (χ4n) is 1.94. The largest absolute Gasteiger partial charge is 0.383 e. The molecule has 0 atom stereocenters. The van der Waals surface area contributed by atoms with Crippen molar-refractivity contribution >= 4 is 16.7 Å². The van der Waals surface area contributed by atoms with Gasteiger partial charge in [-0.05, 0) is 6.07 Å². The molecule has 7 heteroatoms. The Morgan fingerprint density at radius 2 is 2.30 bits per heavy atom. The minimum Gasteiger partial charge on any atom is -0.383 e. The van der Waals surface area contributed by atoms with E-state index in [1.165, 1.54) is 0 Å². The molecule has 0 aliphatic rings. The SMILES string of the molecule is COCCn1cc(CNc2cnc3[nH]ncc3c2)cn1. The zero-order valence-electron chi connectivity index (χ0n) is 11.2. The number of methoxy groups -OCH3 is 1. The van der Waals surface area contributed by atoms with Gasteiger partial charge in [0.25, 0.3) is 0 Å². The molecular weight excluding hydrogens is 256 g/mol. The third kappa shape index (κ3) is 2.77. The van der Waals surface area contributed by atoms with Crippen LogP contribution >= 0.6 is 0 Å². The summed E-state index contributed by atoms with van der Waals surface area (Å²) in [5.41, 5.74) is 2.87. The second-order valence-corrected chi connectivity index (χ2v) is 4.49. The maximum Gasteiger partial charge on any atom is 0.155 e. The van der Waals surface area contributed by atoms with Crippen molar-refractivity contribution in [3.63, 3.8) is 0 Å². The van der Waals surface area contributed by atoms with Crippen molar-refractivity contribution in [3.8, 4) is 0 Å². The van der Waals surface area contributed by atoms with E-state index in [4.69, 9.17) is 4.74 Å². The van der Waals surface area contributed by atoms with E-state index < -0.39 is 0 Å². The van der Waals surface area contributed by atoms with E-state index >= 15 is 0 Å². The molecule has 0 spiro atoms. The van der Waals surface area contributed by atoms with Crippen LogP contribution in [0.3, 0.4) is 0 Å². The number of nitrogens with zero attached hydrogens (tertiary/aromatic N) is 4. The van der Waals surface area contributed by atoms with Gasteiger partial charge in [-0.2, -0.15) is 10.2 Å². The van der Waals surface area contributed by atoms with E-state index in [1.807, 2.05) is 23.1 Å². The van der Waals surface area contributed by atoms with Crippen LogP contribution in [0, 0.1) is 0 Å². The quantitative estimate of drug-likeness (QED) is 0.709. The summed E-state index contributed by atoms with van der Waals surface area (Å²) in [6.07, 6.45) is 7.41. The summed E-state index contributed by atoms with van der Waals surface area (Å²) in [6.45, 7) is 2.13. The maximum atomic E-state index is 5.02. The highest BCUT2D eigenvalue weighted by molar-refractivity contribution is 5.77. The predicted molar refractivity (Wildman–Crippen MR) is 75.3 cm³/mol. The van der Waals surface area contributed by atoms with Gasteiger partial charge in [0.2, 0.25) is 0 Å². The van der Waals surface area contributed by atoms with Gasteiger partial charge in [0.15, 0.2) is 5.65 Å². The summed E-state index contributed by atoms with van der Waals surface area (Å²) < 4.78 is 6.90. The average molecular weight is 272 g/mol. The molecule has 3 aromatic heterocycles. The van der Waals surface area contributed by atoms with Crippen LogP contribution in [0.2, 0.25) is 0 Å². The van der Waals surface area contributed by atoms with Gasteiger partial charge in [-0.3, -0.25) is 9.78 Å². The predicted octanol–water partition coefficient (Wildman–Crippen LogP) is 1.41. The first-order chi connectivity index (χ1) is 9.85. The molecule has 3 rings (SSSR count). The van der Waals surface area contributed by atoms with Gasteiger partial charge in [0, 0.05) is 30.8 Å². The topological polar surface area (TPSA) is 80.6 Å². The molecule has 104 valence electrons. The van der Waals surface area contributed by atoms with Gasteiger partial charge in [0.05, 0.1) is 37.4 Å². The van der Waals surface area contributed by atoms with Crippen molar-refractivity contribution in [2.45, 2.75) is 13.1 Å². The highest BCUT2D eigenvalue weighted by Crippen LogP contribution is 2.14. The van der Waals surface area contributed by atoms with E-state index in [2.05, 4.69) is 25.6 Å². The zero-order chi connectivity index (χ0) is 13.8. The molecule has 0 aliphatic carbocycles. The van der Waals surface area contributed by atoms with Gasteiger partial charge in [-0.25, -0.2) is 4.98 Å². The van der Waals surface area contributed by atoms with Gasteiger partial charge < -0.3 is 10.1 Å². The van der Waals surface area contributed by atoms with Crippen LogP contribution in [-0.2, 0) is 17.8 Å². The smallest absolute Gasteiger partial charge is 0.155 e. The number of hydrogen-bond donors (Lipinski definition) is 2. The molecule has 0 bridgehead atoms. The Bertz CT molecular complexity index is 689. The lowest BCUT2D eigenvalue weighted by molar-refractivity contribution is 0.183. The van der Waals surface area contributed by atoms with Crippen LogP contribution in [0.4, 0.5) is 5.69 Å². The lowest BCUT2D eigenvalue weighted by Crippen LogP contribution is -2.04. The highest BCUT2D eigenvalue weighted by atomic mass is 16.5. The second kappa shape index (κ2) is 5.70. The number of aromatic amines is 1. The molecule has 0 radical (unpaired) electrons. The highest BCUT2D eigenvalue weighted by Gasteiger charge is 2.01. The van der Waals surface area contributed by atoms with E-state index in [0.717, 1.165) is 28.8 Å². The average Bonchev–Trinajstić information content (AvgIpc) is 3.11. The molecule has 0 saturated carbocycles. The van der Waals surface area contributed by atoms with Gasteiger partial charge in [-0.15, -0.1) is 0 Å². The maximum absolute atomic E-state index is 5.02. The Labute approximate surface area is 116 Å². The molecule has 0 aliphatic heterocycles. The number of anilines is 1. The number of aromatic nitrogens is 5. The molecule has 3 aromatic rings. The van der Waals surface area contributed by atoms with E-state index in [-0.39, 0.29) is 0 Å². The molecule has 0 aromatic carbocycles. The number of hydrogen-bond acceptors (Lipinski definition) is 5. The lowest BCUT2D eigenvalue weighted by Gasteiger charge is -2.04. The van der Waals surface area contributed by atoms with Crippen molar-refractivity contribution < 1.29 is 4.74 Å². The summed E-state index contributed by atoms with van der Waals surface area (Å²) >= 11 is 0. The summed E-state index contributed by atoms with van der Waals surface area (Å²) in [6, 6.07) is 2.02. The van der Waals surface area contributed by atoms with Crippen LogP contribution in [0.5, 0.6) is 0 Å². The molecule has 0 saturated heterocycles. The Hall–Kier alpha value is -2.41. The lowest BCUT2D eigenvalue weighted by atomic mass is 10.3. The number of nitrogens with one attached hydrogen (secondary N) is 2. The first kappa shape index (κ1) is 12.6. The Kier molecular flexibility index (Phi) is 3.60. The van der Waals surface area contributed by atoms with Crippen molar-refractivity contribution in [3.05, 3.63) is 36.4 Å². The Morgan fingerprint density at radius 1 is 1.35 bits per heavy atom. The first-order valence-corrected chi connectivity index (χ1v) is 6.38. The summed E-state index contributed by atoms with van der Waals surface area (Å²) in [5, 5.41) is 15.4. The van der Waals surface area contributed by atoms with Gasteiger partial charge >= 0.3 is 0 Å². The molecule has 20 heavy (non-hydrogen) atoms. The zero-order valence-corrected chi connectivity index (χ0v) is 11.2. The fourth-order valence-corrected chi connectivity index (χ4v) is 1.94. The number of pyridine rings is 1. The summed E-state index contributed by atoms with van der Waals surface area (Å²) in [7, 11) is 1.69. The molecular formula is C13H16N6O. The van der Waals surface area contributed by atoms with E-state index in [0.29, 0.717) is 13.2 Å². The minimum atomic E-state index is 0.662. The van der Waals surface area contributed by atoms with Crippen LogP contribution in [0.1, 0.15) is 5.56 Å². The summed E-state index contributed by atoms with van der Waals surface area (Å²) in [5.74, 6) is 0. The monoisotopic (exact) mass is 272 g/mol. The van der Waals surface area contributed by atoms with Crippen LogP contribution < -0.4 is 5.32 Å². The molecule has 0 fully saturated rings. The third-order valence-electron chi connectivity index (χ3n) is 3.00. The minimum absolute atomic E-state index is 0.662. The second-order valence-electron chi connectivity index (χ2n) is 4.49. The fraction of sp³-hybridized carbons (Fsp3) is 0.308. The molecule has 0 unspecified atom stereocenters. The first-order valence-electron chi connectivity index (χ1n) is 6.38. The van der Waals surface area contributed by atoms with Crippen molar-refractivity contribution in [2.75, 3.05) is 19.0 Å². The Balaban J connectivity index is 1.62. The number of fused-ring (bicyclic) bond motifs is 1. The van der Waals surface area contributed by atoms with Crippen LogP contribution in [0.15, 0.2) is 30.9 Å². The number of H-pyrrole nitrogens is 1. The molecule has 2 N–H and O–H groups in total. The molecule has 0 amide bonds.